The van der Waals surface area contributed by atoms with E-state index in [1.807, 2.05) is 0 Å². The molecular weight excluding hydrogens is 284 g/mol. The van der Waals surface area contributed by atoms with Gasteiger partial charge in [-0.3, -0.25) is 9.59 Å². The third kappa shape index (κ3) is 1.89. The Morgan fingerprint density at radius 3 is 2.55 bits per heavy atom. The van der Waals surface area contributed by atoms with Gasteiger partial charge in [0.2, 0.25) is 0 Å². The molecule has 1 saturated carbocycles. The summed E-state index contributed by atoms with van der Waals surface area (Å²) in [4.78, 5) is 24.4. The number of carbonyl (C=O) groups is 2. The summed E-state index contributed by atoms with van der Waals surface area (Å²) >= 11 is 0. The lowest BCUT2D eigenvalue weighted by atomic mass is 9.60. The second kappa shape index (κ2) is 4.85. The number of fused-ring (bicyclic) bond motifs is 3. The summed E-state index contributed by atoms with van der Waals surface area (Å²) in [6.07, 6.45) is 3.76. The van der Waals surface area contributed by atoms with Crippen molar-refractivity contribution < 1.29 is 24.9 Å². The molecule has 120 valence electrons. The summed E-state index contributed by atoms with van der Waals surface area (Å²) in [5.41, 5.74) is -2.14. The number of Topliss-reactive ketones (excluding diaryl/α,β-unsaturated/α-hetero) is 2. The Morgan fingerprint density at radius 1 is 1.23 bits per heavy atom. The maximum absolute atomic E-state index is 12.5. The fourth-order valence-electron chi connectivity index (χ4n) is 4.54. The number of rotatable bonds is 1. The summed E-state index contributed by atoms with van der Waals surface area (Å²) < 4.78 is 0. The van der Waals surface area contributed by atoms with Crippen molar-refractivity contribution in [3.05, 3.63) is 23.3 Å². The van der Waals surface area contributed by atoms with Crippen molar-refractivity contribution in [1.29, 1.82) is 0 Å². The van der Waals surface area contributed by atoms with E-state index in [4.69, 9.17) is 0 Å². The predicted molar refractivity (Wildman–Crippen MR) is 78.8 cm³/mol. The highest BCUT2D eigenvalue weighted by Crippen LogP contribution is 2.53. The maximum Gasteiger partial charge on any atom is 0.190 e. The molecule has 3 N–H and O–H groups in total. The standard InChI is InChI=1S/C17H22O5/c1-9-3-14-16(21,15(9)20)7-11(8-18)5-12-6-13(19)4-10(2)17(12,14)22/h3,5,10,12,14,18,21-22H,4,6-8H2,1-2H3/t10-,12-,14-,16-,17-/m1/s1. The molecule has 0 radical (unpaired) electrons. The van der Waals surface area contributed by atoms with Crippen molar-refractivity contribution in [1.82, 2.24) is 0 Å². The number of aliphatic hydroxyl groups excluding tert-OH is 1. The van der Waals surface area contributed by atoms with Crippen LogP contribution in [0, 0.1) is 17.8 Å². The SMILES string of the molecule is CC1=C[C@H]2[C@@]3(O)[C@H](C)CC(=O)C[C@H]3C=C(CO)C[C@]2(O)C1=O. The molecule has 1 fully saturated rings. The van der Waals surface area contributed by atoms with Gasteiger partial charge in [0, 0.05) is 31.1 Å². The second-order valence-electron chi connectivity index (χ2n) is 7.08. The highest BCUT2D eigenvalue weighted by molar-refractivity contribution is 6.05. The first-order valence-corrected chi connectivity index (χ1v) is 7.73. The number of hydrogen-bond acceptors (Lipinski definition) is 5. The quantitative estimate of drug-likeness (QED) is 0.614. The lowest BCUT2D eigenvalue weighted by Gasteiger charge is -2.48. The molecule has 3 aliphatic carbocycles. The van der Waals surface area contributed by atoms with E-state index in [9.17, 15) is 24.9 Å². The van der Waals surface area contributed by atoms with Crippen LogP contribution in [0.5, 0.6) is 0 Å². The van der Waals surface area contributed by atoms with Crippen LogP contribution >= 0.6 is 0 Å². The Kier molecular flexibility index (Phi) is 3.43. The summed E-state index contributed by atoms with van der Waals surface area (Å²) in [6.45, 7) is 3.12. The van der Waals surface area contributed by atoms with Gasteiger partial charge in [0.1, 0.15) is 11.4 Å². The number of aliphatic hydroxyl groups is 3. The first kappa shape index (κ1) is 15.6. The smallest absolute Gasteiger partial charge is 0.190 e. The first-order chi connectivity index (χ1) is 10.2. The van der Waals surface area contributed by atoms with Gasteiger partial charge in [-0.2, -0.15) is 0 Å². The van der Waals surface area contributed by atoms with Gasteiger partial charge in [-0.05, 0) is 24.0 Å². The summed E-state index contributed by atoms with van der Waals surface area (Å²) in [7, 11) is 0. The lowest BCUT2D eigenvalue weighted by molar-refractivity contribution is -0.170. The largest absolute Gasteiger partial charge is 0.392 e. The summed E-state index contributed by atoms with van der Waals surface area (Å²) in [5, 5.41) is 32.0. The van der Waals surface area contributed by atoms with Crippen molar-refractivity contribution >= 4 is 11.6 Å². The molecule has 0 spiro atoms. The van der Waals surface area contributed by atoms with Crippen molar-refractivity contribution in [2.45, 2.75) is 44.3 Å². The summed E-state index contributed by atoms with van der Waals surface area (Å²) in [5.74, 6) is -1.93. The van der Waals surface area contributed by atoms with Gasteiger partial charge in [0.15, 0.2) is 5.78 Å². The van der Waals surface area contributed by atoms with Crippen LogP contribution in [-0.2, 0) is 9.59 Å². The average molecular weight is 306 g/mol. The van der Waals surface area contributed by atoms with Crippen molar-refractivity contribution in [2.75, 3.05) is 6.61 Å². The van der Waals surface area contributed by atoms with Crippen molar-refractivity contribution in [2.24, 2.45) is 17.8 Å². The van der Waals surface area contributed by atoms with E-state index >= 15 is 0 Å². The van der Waals surface area contributed by atoms with Crippen LogP contribution in [0.15, 0.2) is 23.3 Å². The highest BCUT2D eigenvalue weighted by Gasteiger charge is 2.63. The van der Waals surface area contributed by atoms with Crippen molar-refractivity contribution in [3.63, 3.8) is 0 Å². The Hall–Kier alpha value is -1.30. The maximum atomic E-state index is 12.5. The van der Waals surface area contributed by atoms with Crippen LogP contribution in [-0.4, -0.2) is 44.7 Å². The van der Waals surface area contributed by atoms with Crippen LogP contribution in [0.3, 0.4) is 0 Å². The van der Waals surface area contributed by atoms with Gasteiger partial charge >= 0.3 is 0 Å². The molecule has 3 rings (SSSR count). The van der Waals surface area contributed by atoms with Crippen LogP contribution < -0.4 is 0 Å². The fourth-order valence-corrected chi connectivity index (χ4v) is 4.54. The van der Waals surface area contributed by atoms with Crippen LogP contribution in [0.25, 0.3) is 0 Å². The topological polar surface area (TPSA) is 94.8 Å². The highest BCUT2D eigenvalue weighted by atomic mass is 16.3. The van der Waals surface area contributed by atoms with Gasteiger partial charge in [-0.1, -0.05) is 19.1 Å². The van der Waals surface area contributed by atoms with Gasteiger partial charge in [-0.15, -0.1) is 0 Å². The monoisotopic (exact) mass is 306 g/mol. The molecule has 0 unspecified atom stereocenters. The first-order valence-electron chi connectivity index (χ1n) is 7.73. The number of ketones is 2. The fraction of sp³-hybridized carbons (Fsp3) is 0.647. The molecule has 0 aromatic heterocycles. The third-order valence-corrected chi connectivity index (χ3v) is 5.68. The molecule has 3 aliphatic rings. The van der Waals surface area contributed by atoms with E-state index in [0.717, 1.165) is 0 Å². The average Bonchev–Trinajstić information content (AvgIpc) is 2.62. The van der Waals surface area contributed by atoms with E-state index in [-0.39, 0.29) is 37.6 Å². The van der Waals surface area contributed by atoms with E-state index in [1.165, 1.54) is 0 Å². The molecule has 5 nitrogen and oxygen atoms in total. The van der Waals surface area contributed by atoms with E-state index in [1.54, 1.807) is 26.0 Å². The molecule has 0 heterocycles. The van der Waals surface area contributed by atoms with Gasteiger partial charge < -0.3 is 15.3 Å². The van der Waals surface area contributed by atoms with Gasteiger partial charge in [0.05, 0.1) is 12.2 Å². The van der Waals surface area contributed by atoms with Crippen molar-refractivity contribution in [3.8, 4) is 0 Å². The molecular formula is C17H22O5. The lowest BCUT2D eigenvalue weighted by Crippen LogP contribution is -2.59. The molecule has 0 aliphatic heterocycles. The molecule has 0 amide bonds. The van der Waals surface area contributed by atoms with E-state index in [2.05, 4.69) is 0 Å². The minimum atomic E-state index is -1.73. The van der Waals surface area contributed by atoms with Gasteiger partial charge in [0.25, 0.3) is 0 Å². The Morgan fingerprint density at radius 2 is 1.91 bits per heavy atom. The molecule has 5 heteroatoms. The minimum Gasteiger partial charge on any atom is -0.392 e. The van der Waals surface area contributed by atoms with Crippen LogP contribution in [0.1, 0.15) is 33.1 Å². The Labute approximate surface area is 129 Å². The molecule has 22 heavy (non-hydrogen) atoms. The van der Waals surface area contributed by atoms with Crippen LogP contribution in [0.2, 0.25) is 0 Å². The van der Waals surface area contributed by atoms with Gasteiger partial charge in [-0.25, -0.2) is 0 Å². The molecule has 0 aromatic rings. The normalized spacial score (nSPS) is 44.9. The summed E-state index contributed by atoms with van der Waals surface area (Å²) in [6, 6.07) is 0. The molecule has 0 aromatic carbocycles. The molecule has 0 bridgehead atoms. The van der Waals surface area contributed by atoms with E-state index in [0.29, 0.717) is 11.1 Å². The minimum absolute atomic E-state index is 0.000556. The van der Waals surface area contributed by atoms with E-state index < -0.39 is 28.8 Å². The zero-order chi connectivity index (χ0) is 16.3. The Balaban J connectivity index is 2.18. The van der Waals surface area contributed by atoms with Crippen LogP contribution in [0.4, 0.5) is 0 Å². The number of carbonyl (C=O) groups excluding carboxylic acids is 2. The Bertz CT molecular complexity index is 604. The number of hydrogen-bond donors (Lipinski definition) is 3. The molecule has 5 atom stereocenters. The zero-order valence-electron chi connectivity index (χ0n) is 12.9. The second-order valence-corrected chi connectivity index (χ2v) is 7.08. The zero-order valence-corrected chi connectivity index (χ0v) is 12.9. The predicted octanol–water partition coefficient (Wildman–Crippen LogP) is 0.531. The third-order valence-electron chi connectivity index (χ3n) is 5.68. The molecule has 0 saturated heterocycles.